The van der Waals surface area contributed by atoms with Gasteiger partial charge in [-0.15, -0.1) is 0 Å². The summed E-state index contributed by atoms with van der Waals surface area (Å²) < 4.78 is 5.04. The lowest BCUT2D eigenvalue weighted by molar-refractivity contribution is -0.122. The number of nitrogen functional groups attached to an aromatic ring is 1. The van der Waals surface area contributed by atoms with E-state index in [-0.39, 0.29) is 11.9 Å². The van der Waals surface area contributed by atoms with Gasteiger partial charge in [0.25, 0.3) is 0 Å². The number of nitrogens with two attached hydrogens (primary N) is 1. The average molecular weight is 250 g/mol. The molecule has 0 fully saturated rings. The van der Waals surface area contributed by atoms with E-state index in [1.807, 2.05) is 31.2 Å². The van der Waals surface area contributed by atoms with Crippen molar-refractivity contribution in [2.45, 2.75) is 32.2 Å². The maximum Gasteiger partial charge on any atom is 0.220 e. The number of carbonyl (C=O) groups excluding carboxylic acids is 1. The Morgan fingerprint density at radius 2 is 2.17 bits per heavy atom. The summed E-state index contributed by atoms with van der Waals surface area (Å²) in [7, 11) is 1.64. The molecule has 1 aromatic carbocycles. The molecular formula is C14H22N2O2. The minimum absolute atomic E-state index is 0.0437. The molecule has 1 aromatic rings. The first-order valence-corrected chi connectivity index (χ1v) is 6.29. The van der Waals surface area contributed by atoms with Gasteiger partial charge < -0.3 is 15.8 Å². The second kappa shape index (κ2) is 7.71. The van der Waals surface area contributed by atoms with Crippen molar-refractivity contribution in [3.05, 3.63) is 29.8 Å². The van der Waals surface area contributed by atoms with E-state index in [2.05, 4.69) is 5.32 Å². The van der Waals surface area contributed by atoms with Gasteiger partial charge in [0.15, 0.2) is 0 Å². The van der Waals surface area contributed by atoms with Crippen LogP contribution >= 0.6 is 0 Å². The molecule has 0 heterocycles. The fourth-order valence-corrected chi connectivity index (χ4v) is 1.77. The lowest BCUT2D eigenvalue weighted by Crippen LogP contribution is -2.37. The molecule has 1 amide bonds. The zero-order valence-electron chi connectivity index (χ0n) is 11.1. The number of nitrogens with one attached hydrogen (secondary N) is 1. The van der Waals surface area contributed by atoms with E-state index in [0.717, 1.165) is 17.7 Å². The number of amides is 1. The molecule has 1 unspecified atom stereocenters. The predicted molar refractivity (Wildman–Crippen MR) is 73.3 cm³/mol. The van der Waals surface area contributed by atoms with Crippen molar-refractivity contribution < 1.29 is 9.53 Å². The summed E-state index contributed by atoms with van der Waals surface area (Å²) in [6.07, 6.45) is 1.99. The summed E-state index contributed by atoms with van der Waals surface area (Å²) in [5.74, 6) is 0.0437. The minimum Gasteiger partial charge on any atom is -0.399 e. The number of methoxy groups -OCH3 is 1. The predicted octanol–water partition coefficient (Wildman–Crippen LogP) is 1.74. The molecule has 0 saturated heterocycles. The lowest BCUT2D eigenvalue weighted by Gasteiger charge is -2.16. The van der Waals surface area contributed by atoms with Crippen LogP contribution in [0.4, 0.5) is 5.69 Å². The third-order valence-corrected chi connectivity index (χ3v) is 2.90. The molecule has 4 heteroatoms. The normalized spacial score (nSPS) is 12.1. The Bertz CT molecular complexity index is 380. The number of rotatable bonds is 7. The molecule has 0 aliphatic rings. The Morgan fingerprint density at radius 1 is 1.44 bits per heavy atom. The molecule has 0 aromatic heterocycles. The van der Waals surface area contributed by atoms with E-state index in [9.17, 15) is 4.79 Å². The highest BCUT2D eigenvalue weighted by Gasteiger charge is 2.10. The molecule has 0 bridgehead atoms. The average Bonchev–Trinajstić information content (AvgIpc) is 2.37. The molecule has 0 radical (unpaired) electrons. The molecule has 0 saturated carbocycles. The van der Waals surface area contributed by atoms with Crippen LogP contribution in [0.15, 0.2) is 24.3 Å². The number of aryl methyl sites for hydroxylation is 1. The summed E-state index contributed by atoms with van der Waals surface area (Å²) in [6.45, 7) is 2.58. The maximum atomic E-state index is 11.8. The molecule has 4 nitrogen and oxygen atoms in total. The molecule has 100 valence electrons. The second-order valence-corrected chi connectivity index (χ2v) is 4.33. The van der Waals surface area contributed by atoms with Gasteiger partial charge in [-0.2, -0.15) is 0 Å². The molecule has 1 rings (SSSR count). The van der Waals surface area contributed by atoms with E-state index in [1.54, 1.807) is 7.11 Å². The third-order valence-electron chi connectivity index (χ3n) is 2.90. The van der Waals surface area contributed by atoms with Crippen molar-refractivity contribution >= 4 is 11.6 Å². The Kier molecular flexibility index (Phi) is 6.22. The molecule has 1 atom stereocenters. The van der Waals surface area contributed by atoms with Crippen molar-refractivity contribution in [3.8, 4) is 0 Å². The number of carbonyl (C=O) groups is 1. The highest BCUT2D eigenvalue weighted by atomic mass is 16.5. The SMILES string of the molecule is CCC(COC)NC(=O)CCc1ccccc1N. The van der Waals surface area contributed by atoms with Gasteiger partial charge in [0.05, 0.1) is 12.6 Å². The van der Waals surface area contributed by atoms with Gasteiger partial charge in [-0.25, -0.2) is 0 Å². The van der Waals surface area contributed by atoms with E-state index >= 15 is 0 Å². The van der Waals surface area contributed by atoms with Gasteiger partial charge in [0, 0.05) is 19.2 Å². The van der Waals surface area contributed by atoms with Crippen LogP contribution in [-0.4, -0.2) is 25.7 Å². The topological polar surface area (TPSA) is 64.3 Å². The van der Waals surface area contributed by atoms with E-state index in [4.69, 9.17) is 10.5 Å². The van der Waals surface area contributed by atoms with Gasteiger partial charge >= 0.3 is 0 Å². The van der Waals surface area contributed by atoms with Crippen molar-refractivity contribution in [3.63, 3.8) is 0 Å². The van der Waals surface area contributed by atoms with E-state index in [1.165, 1.54) is 0 Å². The summed E-state index contributed by atoms with van der Waals surface area (Å²) in [4.78, 5) is 11.8. The quantitative estimate of drug-likeness (QED) is 0.724. The zero-order chi connectivity index (χ0) is 13.4. The first kappa shape index (κ1) is 14.5. The van der Waals surface area contributed by atoms with Crippen LogP contribution in [0.1, 0.15) is 25.3 Å². The number of ether oxygens (including phenoxy) is 1. The first-order valence-electron chi connectivity index (χ1n) is 6.29. The number of benzene rings is 1. The van der Waals surface area contributed by atoms with Crippen LogP contribution in [0.25, 0.3) is 0 Å². The van der Waals surface area contributed by atoms with Crippen molar-refractivity contribution in [2.75, 3.05) is 19.5 Å². The van der Waals surface area contributed by atoms with Crippen LogP contribution in [0, 0.1) is 0 Å². The van der Waals surface area contributed by atoms with E-state index < -0.39 is 0 Å². The molecule has 0 aliphatic carbocycles. The maximum absolute atomic E-state index is 11.8. The minimum atomic E-state index is 0.0437. The fourth-order valence-electron chi connectivity index (χ4n) is 1.77. The Morgan fingerprint density at radius 3 is 2.78 bits per heavy atom. The molecule has 0 aliphatic heterocycles. The highest BCUT2D eigenvalue weighted by molar-refractivity contribution is 5.76. The number of hydrogen-bond acceptors (Lipinski definition) is 3. The lowest BCUT2D eigenvalue weighted by atomic mass is 10.1. The highest BCUT2D eigenvalue weighted by Crippen LogP contribution is 2.12. The van der Waals surface area contributed by atoms with Gasteiger partial charge in [-0.3, -0.25) is 4.79 Å². The smallest absolute Gasteiger partial charge is 0.220 e. The summed E-state index contributed by atoms with van der Waals surface area (Å²) in [6, 6.07) is 7.73. The van der Waals surface area contributed by atoms with E-state index in [0.29, 0.717) is 19.4 Å². The fraction of sp³-hybridized carbons (Fsp3) is 0.500. The molecular weight excluding hydrogens is 228 g/mol. The van der Waals surface area contributed by atoms with Crippen LogP contribution < -0.4 is 11.1 Å². The second-order valence-electron chi connectivity index (χ2n) is 4.33. The van der Waals surface area contributed by atoms with Crippen LogP contribution in [-0.2, 0) is 16.0 Å². The number of para-hydroxylation sites is 1. The van der Waals surface area contributed by atoms with Crippen molar-refractivity contribution in [1.29, 1.82) is 0 Å². The van der Waals surface area contributed by atoms with Crippen LogP contribution in [0.5, 0.6) is 0 Å². The first-order chi connectivity index (χ1) is 8.67. The van der Waals surface area contributed by atoms with Gasteiger partial charge in [0.1, 0.15) is 0 Å². The monoisotopic (exact) mass is 250 g/mol. The Labute approximate surface area is 109 Å². The number of anilines is 1. The summed E-state index contributed by atoms with van der Waals surface area (Å²) in [5.41, 5.74) is 7.60. The molecule has 3 N–H and O–H groups in total. The van der Waals surface area contributed by atoms with Gasteiger partial charge in [-0.05, 0) is 24.5 Å². The summed E-state index contributed by atoms with van der Waals surface area (Å²) >= 11 is 0. The van der Waals surface area contributed by atoms with Gasteiger partial charge in [0.2, 0.25) is 5.91 Å². The standard InChI is InChI=1S/C14H22N2O2/c1-3-12(10-18-2)16-14(17)9-8-11-6-4-5-7-13(11)15/h4-7,12H,3,8-10,15H2,1-2H3,(H,16,17). The third kappa shape index (κ3) is 4.75. The molecule has 18 heavy (non-hydrogen) atoms. The van der Waals surface area contributed by atoms with Crippen LogP contribution in [0.3, 0.4) is 0 Å². The summed E-state index contributed by atoms with van der Waals surface area (Å²) in [5, 5.41) is 2.95. The Hall–Kier alpha value is -1.55. The van der Waals surface area contributed by atoms with Crippen molar-refractivity contribution in [2.24, 2.45) is 0 Å². The zero-order valence-corrected chi connectivity index (χ0v) is 11.1. The Balaban J connectivity index is 2.39. The van der Waals surface area contributed by atoms with Gasteiger partial charge in [-0.1, -0.05) is 25.1 Å². The largest absolute Gasteiger partial charge is 0.399 e. The van der Waals surface area contributed by atoms with Crippen LogP contribution in [0.2, 0.25) is 0 Å². The molecule has 0 spiro atoms. The number of hydrogen-bond donors (Lipinski definition) is 2. The van der Waals surface area contributed by atoms with Crippen molar-refractivity contribution in [1.82, 2.24) is 5.32 Å².